The normalized spacial score (nSPS) is 16.5. The second-order valence-corrected chi connectivity index (χ2v) is 6.96. The van der Waals surface area contributed by atoms with Crippen molar-refractivity contribution in [3.63, 3.8) is 0 Å². The Kier molecular flexibility index (Phi) is 5.34. The van der Waals surface area contributed by atoms with E-state index in [2.05, 4.69) is 5.32 Å². The SMILES string of the molecule is Cc1c(NC(=O)[C@H]2CC(=O)N(c3cccc(Cl)c3Cl)C2)cccc1[N+](=O)[O-]. The van der Waals surface area contributed by atoms with Crippen molar-refractivity contribution in [2.75, 3.05) is 16.8 Å². The van der Waals surface area contributed by atoms with Gasteiger partial charge in [0.05, 0.1) is 37.8 Å². The third kappa shape index (κ3) is 3.74. The van der Waals surface area contributed by atoms with Crippen LogP contribution in [0.5, 0.6) is 0 Å². The van der Waals surface area contributed by atoms with Crippen molar-refractivity contribution in [3.05, 3.63) is 62.1 Å². The maximum Gasteiger partial charge on any atom is 0.274 e. The molecule has 2 aromatic carbocycles. The number of nitrogens with zero attached hydrogens (tertiary/aromatic N) is 2. The van der Waals surface area contributed by atoms with Gasteiger partial charge in [-0.1, -0.05) is 35.3 Å². The lowest BCUT2D eigenvalue weighted by Gasteiger charge is -2.18. The average molecular weight is 408 g/mol. The summed E-state index contributed by atoms with van der Waals surface area (Å²) in [6.07, 6.45) is 0.0165. The molecular formula is C18H15Cl2N3O4. The van der Waals surface area contributed by atoms with Gasteiger partial charge in [-0.25, -0.2) is 0 Å². The molecule has 0 radical (unpaired) electrons. The first-order chi connectivity index (χ1) is 12.8. The van der Waals surface area contributed by atoms with E-state index in [0.29, 0.717) is 22.0 Å². The minimum Gasteiger partial charge on any atom is -0.325 e. The van der Waals surface area contributed by atoms with Gasteiger partial charge in [-0.15, -0.1) is 0 Å². The molecule has 7 nitrogen and oxygen atoms in total. The van der Waals surface area contributed by atoms with Crippen LogP contribution in [-0.4, -0.2) is 23.3 Å². The van der Waals surface area contributed by atoms with Crippen LogP contribution in [0.3, 0.4) is 0 Å². The van der Waals surface area contributed by atoms with Crippen LogP contribution in [0.25, 0.3) is 0 Å². The van der Waals surface area contributed by atoms with Crippen LogP contribution in [0, 0.1) is 23.0 Å². The predicted octanol–water partition coefficient (Wildman–Crippen LogP) is 4.20. The first-order valence-corrected chi connectivity index (χ1v) is 8.84. The molecule has 1 aliphatic rings. The highest BCUT2D eigenvalue weighted by molar-refractivity contribution is 6.44. The van der Waals surface area contributed by atoms with Crippen molar-refractivity contribution in [1.29, 1.82) is 0 Å². The number of hydrogen-bond acceptors (Lipinski definition) is 4. The van der Waals surface area contributed by atoms with Crippen molar-refractivity contribution < 1.29 is 14.5 Å². The van der Waals surface area contributed by atoms with Gasteiger partial charge in [0.25, 0.3) is 5.69 Å². The summed E-state index contributed by atoms with van der Waals surface area (Å²) in [4.78, 5) is 36.9. The van der Waals surface area contributed by atoms with Crippen LogP contribution >= 0.6 is 23.2 Å². The summed E-state index contributed by atoms with van der Waals surface area (Å²) < 4.78 is 0. The van der Waals surface area contributed by atoms with E-state index in [-0.39, 0.29) is 35.5 Å². The van der Waals surface area contributed by atoms with Crippen molar-refractivity contribution in [2.45, 2.75) is 13.3 Å². The molecule has 0 aliphatic carbocycles. The van der Waals surface area contributed by atoms with E-state index in [1.165, 1.54) is 17.0 Å². The number of nitrogens with one attached hydrogen (secondary N) is 1. The number of anilines is 2. The first kappa shape index (κ1) is 19.1. The van der Waals surface area contributed by atoms with E-state index in [1.54, 1.807) is 31.2 Å². The molecular weight excluding hydrogens is 393 g/mol. The second kappa shape index (κ2) is 7.54. The quantitative estimate of drug-likeness (QED) is 0.606. The van der Waals surface area contributed by atoms with Gasteiger partial charge < -0.3 is 10.2 Å². The number of nitro benzene ring substituents is 1. The van der Waals surface area contributed by atoms with Gasteiger partial charge in [-0.05, 0) is 25.1 Å². The Bertz CT molecular complexity index is 948. The fourth-order valence-corrected chi connectivity index (χ4v) is 3.41. The van der Waals surface area contributed by atoms with Crippen LogP contribution in [-0.2, 0) is 9.59 Å². The minimum atomic E-state index is -0.605. The van der Waals surface area contributed by atoms with Crippen molar-refractivity contribution >= 4 is 52.1 Å². The summed E-state index contributed by atoms with van der Waals surface area (Å²) in [6.45, 7) is 1.71. The molecule has 1 fully saturated rings. The predicted molar refractivity (Wildman–Crippen MR) is 103 cm³/mol. The summed E-state index contributed by atoms with van der Waals surface area (Å²) in [5.74, 6) is -1.23. The van der Waals surface area contributed by atoms with Crippen LogP contribution < -0.4 is 10.2 Å². The highest BCUT2D eigenvalue weighted by atomic mass is 35.5. The molecule has 1 saturated heterocycles. The highest BCUT2D eigenvalue weighted by Crippen LogP contribution is 2.36. The lowest BCUT2D eigenvalue weighted by atomic mass is 10.1. The molecule has 0 unspecified atom stereocenters. The number of amides is 2. The van der Waals surface area contributed by atoms with Crippen LogP contribution in [0.2, 0.25) is 10.0 Å². The monoisotopic (exact) mass is 407 g/mol. The molecule has 0 bridgehead atoms. The third-order valence-corrected chi connectivity index (χ3v) is 5.29. The highest BCUT2D eigenvalue weighted by Gasteiger charge is 2.36. The second-order valence-electron chi connectivity index (χ2n) is 6.17. The van der Waals surface area contributed by atoms with Crippen molar-refractivity contribution in [2.24, 2.45) is 5.92 Å². The molecule has 1 N–H and O–H groups in total. The molecule has 1 heterocycles. The lowest BCUT2D eigenvalue weighted by Crippen LogP contribution is -2.28. The van der Waals surface area contributed by atoms with Gasteiger partial charge in [-0.2, -0.15) is 0 Å². The summed E-state index contributed by atoms with van der Waals surface area (Å²) >= 11 is 12.2. The van der Waals surface area contributed by atoms with Crippen LogP contribution in [0.4, 0.5) is 17.1 Å². The first-order valence-electron chi connectivity index (χ1n) is 8.09. The minimum absolute atomic E-state index is 0.0165. The zero-order chi connectivity index (χ0) is 19.7. The van der Waals surface area contributed by atoms with Crippen molar-refractivity contribution in [3.8, 4) is 0 Å². The molecule has 0 spiro atoms. The van der Waals surface area contributed by atoms with Crippen molar-refractivity contribution in [1.82, 2.24) is 0 Å². The number of halogens is 2. The Labute approximate surface area is 165 Å². The molecule has 0 aromatic heterocycles. The number of carbonyl (C=O) groups is 2. The topological polar surface area (TPSA) is 92.6 Å². The van der Waals surface area contributed by atoms with E-state index < -0.39 is 10.8 Å². The molecule has 3 rings (SSSR count). The summed E-state index contributed by atoms with van der Waals surface area (Å²) in [6, 6.07) is 9.41. The zero-order valence-electron chi connectivity index (χ0n) is 14.2. The molecule has 0 saturated carbocycles. The average Bonchev–Trinajstić information content (AvgIpc) is 3.00. The van der Waals surface area contributed by atoms with Gasteiger partial charge in [-0.3, -0.25) is 19.7 Å². The fourth-order valence-electron chi connectivity index (χ4n) is 3.01. The Morgan fingerprint density at radius 1 is 1.26 bits per heavy atom. The lowest BCUT2D eigenvalue weighted by molar-refractivity contribution is -0.385. The molecule has 140 valence electrons. The van der Waals surface area contributed by atoms with E-state index in [9.17, 15) is 19.7 Å². The van der Waals surface area contributed by atoms with Gasteiger partial charge >= 0.3 is 0 Å². The maximum atomic E-state index is 12.6. The van der Waals surface area contributed by atoms with E-state index in [0.717, 1.165) is 0 Å². The van der Waals surface area contributed by atoms with Crippen LogP contribution in [0.15, 0.2) is 36.4 Å². The van der Waals surface area contributed by atoms with Crippen LogP contribution in [0.1, 0.15) is 12.0 Å². The number of benzene rings is 2. The fraction of sp³-hybridized carbons (Fsp3) is 0.222. The molecule has 1 atom stereocenters. The summed E-state index contributed by atoms with van der Waals surface area (Å²) in [7, 11) is 0. The van der Waals surface area contributed by atoms with E-state index in [1.807, 2.05) is 0 Å². The maximum absolute atomic E-state index is 12.6. The number of carbonyl (C=O) groups excluding carboxylic acids is 2. The van der Waals surface area contributed by atoms with E-state index in [4.69, 9.17) is 23.2 Å². The largest absolute Gasteiger partial charge is 0.325 e. The Balaban J connectivity index is 1.78. The van der Waals surface area contributed by atoms with Gasteiger partial charge in [0, 0.05) is 19.0 Å². The standard InChI is InChI=1S/C18H15Cl2N3O4/c1-10-13(5-3-6-14(10)23(26)27)21-18(25)11-8-16(24)22(9-11)15-7-2-4-12(19)17(15)20/h2-7,11H,8-9H2,1H3,(H,21,25)/t11-/m0/s1. The summed E-state index contributed by atoms with van der Waals surface area (Å²) in [5.41, 5.74) is 1.08. The molecule has 27 heavy (non-hydrogen) atoms. The molecule has 1 aliphatic heterocycles. The van der Waals surface area contributed by atoms with Gasteiger partial charge in [0.2, 0.25) is 11.8 Å². The van der Waals surface area contributed by atoms with Gasteiger partial charge in [0.15, 0.2) is 0 Å². The Morgan fingerprint density at radius 3 is 2.67 bits per heavy atom. The number of hydrogen-bond donors (Lipinski definition) is 1. The number of rotatable bonds is 4. The zero-order valence-corrected chi connectivity index (χ0v) is 15.8. The molecule has 2 amide bonds. The molecule has 9 heteroatoms. The number of nitro groups is 1. The Morgan fingerprint density at radius 2 is 1.96 bits per heavy atom. The van der Waals surface area contributed by atoms with Gasteiger partial charge in [0.1, 0.15) is 0 Å². The smallest absolute Gasteiger partial charge is 0.274 e. The Hall–Kier alpha value is -2.64. The summed E-state index contributed by atoms with van der Waals surface area (Å²) in [5, 5.41) is 14.3. The van der Waals surface area contributed by atoms with E-state index >= 15 is 0 Å². The molecule has 2 aromatic rings. The third-order valence-electron chi connectivity index (χ3n) is 4.48.